The van der Waals surface area contributed by atoms with E-state index in [-0.39, 0.29) is 23.3 Å². The molecular weight excluding hydrogens is 396 g/mol. The van der Waals surface area contributed by atoms with Crippen LogP contribution in [0.3, 0.4) is 0 Å². The summed E-state index contributed by atoms with van der Waals surface area (Å²) < 4.78 is 0. The topological polar surface area (TPSA) is 69.6 Å². The van der Waals surface area contributed by atoms with Gasteiger partial charge in [-0.15, -0.1) is 11.3 Å². The quantitative estimate of drug-likeness (QED) is 0.757. The predicted octanol–water partition coefficient (Wildman–Crippen LogP) is 3.93. The number of hydrogen-bond donors (Lipinski definition) is 2. The van der Waals surface area contributed by atoms with Gasteiger partial charge in [0.25, 0.3) is 5.91 Å². The SMILES string of the molecule is CC1(C)CN(C(=O)C2(CNC(=O)c3cc4c(s3)CCCCCC4)CCC2)CCC1O. The summed E-state index contributed by atoms with van der Waals surface area (Å²) in [5.74, 6) is 0.132. The summed E-state index contributed by atoms with van der Waals surface area (Å²) in [6.45, 7) is 5.66. The number of aryl methyl sites for hydroxylation is 2. The molecule has 2 amide bonds. The molecule has 0 aromatic carbocycles. The number of rotatable bonds is 4. The van der Waals surface area contributed by atoms with Crippen molar-refractivity contribution in [3.05, 3.63) is 21.4 Å². The maximum absolute atomic E-state index is 13.4. The highest BCUT2D eigenvalue weighted by atomic mass is 32.1. The number of amides is 2. The number of piperidine rings is 1. The molecule has 1 saturated heterocycles. The Kier molecular flexibility index (Phi) is 6.27. The van der Waals surface area contributed by atoms with E-state index in [1.807, 2.05) is 18.7 Å². The van der Waals surface area contributed by atoms with E-state index < -0.39 is 5.41 Å². The van der Waals surface area contributed by atoms with E-state index in [2.05, 4.69) is 11.4 Å². The lowest BCUT2D eigenvalue weighted by Crippen LogP contribution is -2.58. The molecule has 6 heteroatoms. The van der Waals surface area contributed by atoms with Gasteiger partial charge in [0.2, 0.25) is 5.91 Å². The van der Waals surface area contributed by atoms with Crippen molar-refractivity contribution in [1.82, 2.24) is 10.2 Å². The van der Waals surface area contributed by atoms with E-state index in [1.54, 1.807) is 11.3 Å². The van der Waals surface area contributed by atoms with E-state index in [9.17, 15) is 14.7 Å². The van der Waals surface area contributed by atoms with Crippen molar-refractivity contribution in [2.24, 2.45) is 10.8 Å². The van der Waals surface area contributed by atoms with Crippen LogP contribution in [0.1, 0.15) is 85.3 Å². The standard InChI is InChI=1S/C24H36N2O3S/c1-23(2)16-26(13-10-20(23)27)22(29)24(11-7-12-24)15-25-21(28)19-14-17-8-5-3-4-6-9-18(17)30-19/h14,20,27H,3-13,15-16H2,1-2H3,(H,25,28). The van der Waals surface area contributed by atoms with Crippen LogP contribution in [0.5, 0.6) is 0 Å². The van der Waals surface area contributed by atoms with Gasteiger partial charge in [0.15, 0.2) is 0 Å². The van der Waals surface area contributed by atoms with Gasteiger partial charge in [-0.1, -0.05) is 33.1 Å². The Morgan fingerprint density at radius 3 is 2.57 bits per heavy atom. The number of fused-ring (bicyclic) bond motifs is 1. The van der Waals surface area contributed by atoms with Crippen LogP contribution in [0.2, 0.25) is 0 Å². The third-order valence-electron chi connectivity index (χ3n) is 7.53. The first kappa shape index (κ1) is 21.8. The zero-order chi connectivity index (χ0) is 21.4. The fourth-order valence-corrected chi connectivity index (χ4v) is 6.39. The van der Waals surface area contributed by atoms with Crippen LogP contribution in [0, 0.1) is 10.8 Å². The number of nitrogens with zero attached hydrogens (tertiary/aromatic N) is 1. The molecule has 4 rings (SSSR count). The van der Waals surface area contributed by atoms with E-state index in [4.69, 9.17) is 0 Å². The molecule has 5 nitrogen and oxygen atoms in total. The normalized spacial score (nSPS) is 25.4. The minimum Gasteiger partial charge on any atom is -0.392 e. The molecule has 1 aromatic heterocycles. The minimum absolute atomic E-state index is 0.0276. The summed E-state index contributed by atoms with van der Waals surface area (Å²) in [4.78, 5) is 30.4. The zero-order valence-electron chi connectivity index (χ0n) is 18.5. The number of carbonyl (C=O) groups excluding carboxylic acids is 2. The Labute approximate surface area is 184 Å². The van der Waals surface area contributed by atoms with Crippen LogP contribution in [-0.4, -0.2) is 47.6 Å². The Morgan fingerprint density at radius 1 is 1.17 bits per heavy atom. The second-order valence-electron chi connectivity index (χ2n) is 10.3. The van der Waals surface area contributed by atoms with Crippen molar-refractivity contribution in [2.75, 3.05) is 19.6 Å². The summed E-state index contributed by atoms with van der Waals surface area (Å²) in [7, 11) is 0. The molecule has 1 aliphatic heterocycles. The van der Waals surface area contributed by atoms with Crippen molar-refractivity contribution < 1.29 is 14.7 Å². The predicted molar refractivity (Wildman–Crippen MR) is 120 cm³/mol. The first-order valence-electron chi connectivity index (χ1n) is 11.7. The fourth-order valence-electron chi connectivity index (χ4n) is 5.22. The molecule has 1 aromatic rings. The molecule has 0 spiro atoms. The van der Waals surface area contributed by atoms with E-state index in [0.717, 1.165) is 37.0 Å². The number of carbonyl (C=O) groups is 2. The van der Waals surface area contributed by atoms with Crippen molar-refractivity contribution in [1.29, 1.82) is 0 Å². The van der Waals surface area contributed by atoms with Crippen LogP contribution in [0.25, 0.3) is 0 Å². The largest absolute Gasteiger partial charge is 0.392 e. The molecule has 3 aliphatic rings. The van der Waals surface area contributed by atoms with Gasteiger partial charge < -0.3 is 15.3 Å². The number of aliphatic hydroxyl groups is 1. The Hall–Kier alpha value is -1.40. The van der Waals surface area contributed by atoms with Gasteiger partial charge in [0.05, 0.1) is 16.4 Å². The molecule has 2 aliphatic carbocycles. The highest BCUT2D eigenvalue weighted by Gasteiger charge is 2.48. The van der Waals surface area contributed by atoms with Crippen LogP contribution < -0.4 is 5.32 Å². The summed E-state index contributed by atoms with van der Waals surface area (Å²) >= 11 is 1.64. The van der Waals surface area contributed by atoms with Gasteiger partial charge in [-0.2, -0.15) is 0 Å². The summed E-state index contributed by atoms with van der Waals surface area (Å²) in [5, 5.41) is 13.3. The first-order chi connectivity index (χ1) is 14.3. The van der Waals surface area contributed by atoms with Gasteiger partial charge in [0, 0.05) is 29.9 Å². The molecule has 2 heterocycles. The number of hydrogen-bond acceptors (Lipinski definition) is 4. The summed E-state index contributed by atoms with van der Waals surface area (Å²) in [6.07, 6.45) is 10.1. The lowest BCUT2D eigenvalue weighted by atomic mass is 9.67. The van der Waals surface area contributed by atoms with Gasteiger partial charge in [-0.3, -0.25) is 9.59 Å². The molecule has 1 atom stereocenters. The van der Waals surface area contributed by atoms with Crippen LogP contribution >= 0.6 is 11.3 Å². The summed E-state index contributed by atoms with van der Waals surface area (Å²) in [6, 6.07) is 2.09. The number of aliphatic hydroxyl groups excluding tert-OH is 1. The smallest absolute Gasteiger partial charge is 0.261 e. The van der Waals surface area contributed by atoms with E-state index in [1.165, 1.54) is 36.1 Å². The Bertz CT molecular complexity index is 771. The lowest BCUT2D eigenvalue weighted by molar-refractivity contribution is -0.153. The van der Waals surface area contributed by atoms with Crippen molar-refractivity contribution in [3.63, 3.8) is 0 Å². The zero-order valence-corrected chi connectivity index (χ0v) is 19.3. The monoisotopic (exact) mass is 432 g/mol. The third-order valence-corrected chi connectivity index (χ3v) is 8.77. The molecule has 2 N–H and O–H groups in total. The van der Waals surface area contributed by atoms with Crippen molar-refractivity contribution >= 4 is 23.2 Å². The molecule has 2 fully saturated rings. The van der Waals surface area contributed by atoms with Gasteiger partial charge in [0.1, 0.15) is 0 Å². The van der Waals surface area contributed by atoms with Crippen LogP contribution in [-0.2, 0) is 17.6 Å². The molecule has 1 saturated carbocycles. The van der Waals surface area contributed by atoms with Crippen LogP contribution in [0.15, 0.2) is 6.07 Å². The van der Waals surface area contributed by atoms with E-state index in [0.29, 0.717) is 26.1 Å². The lowest BCUT2D eigenvalue weighted by Gasteiger charge is -2.48. The second-order valence-corrected chi connectivity index (χ2v) is 11.4. The molecule has 30 heavy (non-hydrogen) atoms. The van der Waals surface area contributed by atoms with Gasteiger partial charge in [-0.05, 0) is 56.6 Å². The molecule has 166 valence electrons. The summed E-state index contributed by atoms with van der Waals surface area (Å²) in [5.41, 5.74) is 0.614. The maximum Gasteiger partial charge on any atom is 0.261 e. The van der Waals surface area contributed by atoms with Crippen molar-refractivity contribution in [3.8, 4) is 0 Å². The number of nitrogens with one attached hydrogen (secondary N) is 1. The van der Waals surface area contributed by atoms with E-state index >= 15 is 0 Å². The molecule has 0 radical (unpaired) electrons. The fraction of sp³-hybridized carbons (Fsp3) is 0.750. The van der Waals surface area contributed by atoms with Crippen LogP contribution in [0.4, 0.5) is 0 Å². The highest BCUT2D eigenvalue weighted by molar-refractivity contribution is 7.14. The minimum atomic E-state index is -0.458. The Morgan fingerprint density at radius 2 is 1.90 bits per heavy atom. The molecular formula is C24H36N2O3S. The third kappa shape index (κ3) is 4.31. The van der Waals surface area contributed by atoms with Crippen molar-refractivity contribution in [2.45, 2.75) is 84.2 Å². The Balaban J connectivity index is 1.40. The average molecular weight is 433 g/mol. The highest BCUT2D eigenvalue weighted by Crippen LogP contribution is 2.43. The second kappa shape index (κ2) is 8.62. The van der Waals surface area contributed by atoms with Gasteiger partial charge in [-0.25, -0.2) is 0 Å². The maximum atomic E-state index is 13.4. The van der Waals surface area contributed by atoms with Gasteiger partial charge >= 0.3 is 0 Å². The first-order valence-corrected chi connectivity index (χ1v) is 12.5. The number of thiophene rings is 1. The molecule has 0 bridgehead atoms. The molecule has 1 unspecified atom stereocenters. The number of likely N-dealkylation sites (tertiary alicyclic amines) is 1. The average Bonchev–Trinajstić information content (AvgIpc) is 3.04.